The molecule has 0 heterocycles. The van der Waals surface area contributed by atoms with Gasteiger partial charge in [0.15, 0.2) is 0 Å². The van der Waals surface area contributed by atoms with Gasteiger partial charge in [-0.3, -0.25) is 4.79 Å². The molecule has 2 aromatic rings. The van der Waals surface area contributed by atoms with Gasteiger partial charge in [-0.05, 0) is 37.3 Å². The number of benzene rings is 2. The highest BCUT2D eigenvalue weighted by Gasteiger charge is 2.32. The predicted octanol–water partition coefficient (Wildman–Crippen LogP) is 4.73. The summed E-state index contributed by atoms with van der Waals surface area (Å²) in [6, 6.07) is 13.1. The van der Waals surface area contributed by atoms with Gasteiger partial charge in [0.25, 0.3) is 0 Å². The molecular weight excluding hydrogens is 379 g/mol. The minimum Gasteiger partial charge on any atom is -0.497 e. The van der Waals surface area contributed by atoms with Crippen LogP contribution in [0.25, 0.3) is 0 Å². The molecule has 27 heavy (non-hydrogen) atoms. The van der Waals surface area contributed by atoms with Crippen molar-refractivity contribution in [1.29, 1.82) is 0 Å². The Balaban J connectivity index is 2.02. The number of thioether (sulfide) groups is 1. The molecule has 0 aliphatic rings. The van der Waals surface area contributed by atoms with Gasteiger partial charge in [0, 0.05) is 24.1 Å². The van der Waals surface area contributed by atoms with Gasteiger partial charge in [-0.2, -0.15) is 0 Å². The van der Waals surface area contributed by atoms with E-state index in [0.29, 0.717) is 0 Å². The van der Waals surface area contributed by atoms with E-state index in [2.05, 4.69) is 4.74 Å². The zero-order chi connectivity index (χ0) is 20.0. The van der Waals surface area contributed by atoms with E-state index >= 15 is 0 Å². The monoisotopic (exact) mass is 399 g/mol. The number of nitrogens with zero attached hydrogens (tertiary/aromatic N) is 1. The average molecular weight is 399 g/mol. The molecule has 0 aliphatic carbocycles. The first-order valence-electron chi connectivity index (χ1n) is 8.09. The van der Waals surface area contributed by atoms with Crippen LogP contribution in [0.1, 0.15) is 12.5 Å². The molecule has 0 N–H and O–H groups in total. The first-order valence-corrected chi connectivity index (χ1v) is 8.97. The zero-order valence-corrected chi connectivity index (χ0v) is 15.9. The Labute approximate surface area is 160 Å². The fraction of sp³-hybridized carbons (Fsp3) is 0.316. The van der Waals surface area contributed by atoms with Crippen LogP contribution in [0.2, 0.25) is 0 Å². The minimum atomic E-state index is -4.78. The lowest BCUT2D eigenvalue weighted by Crippen LogP contribution is -2.33. The van der Waals surface area contributed by atoms with E-state index in [4.69, 9.17) is 4.74 Å². The van der Waals surface area contributed by atoms with Gasteiger partial charge < -0.3 is 14.4 Å². The SMILES string of the molecule is COc1ccc(SC(C)C(=O)N(C)Cc2ccccc2OC(F)(F)F)cc1. The maximum Gasteiger partial charge on any atom is 0.573 e. The molecule has 0 aromatic heterocycles. The van der Waals surface area contributed by atoms with Crippen molar-refractivity contribution in [2.45, 2.75) is 30.0 Å². The number of hydrogen-bond donors (Lipinski definition) is 0. The number of rotatable bonds is 7. The number of methoxy groups -OCH3 is 1. The summed E-state index contributed by atoms with van der Waals surface area (Å²) < 4.78 is 46.7. The smallest absolute Gasteiger partial charge is 0.497 e. The lowest BCUT2D eigenvalue weighted by atomic mass is 10.2. The molecule has 0 saturated heterocycles. The first-order chi connectivity index (χ1) is 12.7. The maximum absolute atomic E-state index is 12.6. The van der Waals surface area contributed by atoms with Crippen molar-refractivity contribution in [3.05, 3.63) is 54.1 Å². The number of alkyl halides is 3. The Bertz CT molecular complexity index is 766. The molecule has 2 rings (SSSR count). The molecule has 0 radical (unpaired) electrons. The molecule has 1 amide bonds. The predicted molar refractivity (Wildman–Crippen MR) is 97.9 cm³/mol. The van der Waals surface area contributed by atoms with E-state index in [0.717, 1.165) is 10.6 Å². The summed E-state index contributed by atoms with van der Waals surface area (Å²) in [6.07, 6.45) is -4.78. The Kier molecular flexibility index (Phi) is 7.01. The minimum absolute atomic E-state index is 0.0125. The van der Waals surface area contributed by atoms with Crippen molar-refractivity contribution in [3.8, 4) is 11.5 Å². The lowest BCUT2D eigenvalue weighted by Gasteiger charge is -2.22. The molecular formula is C19H20F3NO3S. The van der Waals surface area contributed by atoms with Crippen LogP contribution in [0.3, 0.4) is 0 Å². The Morgan fingerprint density at radius 2 is 1.78 bits per heavy atom. The Hall–Kier alpha value is -2.35. The van der Waals surface area contributed by atoms with Gasteiger partial charge in [0.2, 0.25) is 5.91 Å². The van der Waals surface area contributed by atoms with E-state index in [1.807, 2.05) is 12.1 Å². The molecule has 0 spiro atoms. The van der Waals surface area contributed by atoms with E-state index in [-0.39, 0.29) is 23.8 Å². The second-order valence-electron chi connectivity index (χ2n) is 5.79. The van der Waals surface area contributed by atoms with E-state index < -0.39 is 11.6 Å². The van der Waals surface area contributed by atoms with Crippen LogP contribution in [-0.4, -0.2) is 36.6 Å². The van der Waals surface area contributed by atoms with Gasteiger partial charge in [-0.1, -0.05) is 18.2 Å². The summed E-state index contributed by atoms with van der Waals surface area (Å²) >= 11 is 1.37. The zero-order valence-electron chi connectivity index (χ0n) is 15.1. The van der Waals surface area contributed by atoms with E-state index in [9.17, 15) is 18.0 Å². The third-order valence-corrected chi connectivity index (χ3v) is 4.80. The number of para-hydroxylation sites is 1. The van der Waals surface area contributed by atoms with Gasteiger partial charge in [0.05, 0.1) is 12.4 Å². The Morgan fingerprint density at radius 1 is 1.15 bits per heavy atom. The third kappa shape index (κ3) is 6.39. The van der Waals surface area contributed by atoms with E-state index in [1.54, 1.807) is 39.3 Å². The normalized spacial score (nSPS) is 12.4. The molecule has 0 saturated carbocycles. The summed E-state index contributed by atoms with van der Waals surface area (Å²) in [7, 11) is 3.13. The van der Waals surface area contributed by atoms with Crippen molar-refractivity contribution >= 4 is 17.7 Å². The van der Waals surface area contributed by atoms with Crippen LogP contribution in [0.4, 0.5) is 13.2 Å². The molecule has 0 bridgehead atoms. The second-order valence-corrected chi connectivity index (χ2v) is 7.20. The highest BCUT2D eigenvalue weighted by molar-refractivity contribution is 8.00. The van der Waals surface area contributed by atoms with Crippen LogP contribution < -0.4 is 9.47 Å². The number of amides is 1. The van der Waals surface area contributed by atoms with Crippen LogP contribution in [-0.2, 0) is 11.3 Å². The van der Waals surface area contributed by atoms with Crippen LogP contribution in [0, 0.1) is 0 Å². The van der Waals surface area contributed by atoms with Crippen molar-refractivity contribution in [1.82, 2.24) is 4.90 Å². The number of ether oxygens (including phenoxy) is 2. The molecule has 0 aliphatic heterocycles. The van der Waals surface area contributed by atoms with Crippen molar-refractivity contribution in [3.63, 3.8) is 0 Å². The highest BCUT2D eigenvalue weighted by atomic mass is 32.2. The number of carbonyl (C=O) groups is 1. The molecule has 4 nitrogen and oxygen atoms in total. The maximum atomic E-state index is 12.6. The van der Waals surface area contributed by atoms with Crippen LogP contribution in [0.5, 0.6) is 11.5 Å². The quantitative estimate of drug-likeness (QED) is 0.631. The van der Waals surface area contributed by atoms with Crippen molar-refractivity contribution < 1.29 is 27.4 Å². The summed E-state index contributed by atoms with van der Waals surface area (Å²) in [4.78, 5) is 14.9. The van der Waals surface area contributed by atoms with Gasteiger partial charge in [-0.15, -0.1) is 24.9 Å². The topological polar surface area (TPSA) is 38.8 Å². The van der Waals surface area contributed by atoms with Crippen molar-refractivity contribution in [2.24, 2.45) is 0 Å². The molecule has 0 fully saturated rings. The molecule has 146 valence electrons. The van der Waals surface area contributed by atoms with E-state index in [1.165, 1.54) is 34.9 Å². The van der Waals surface area contributed by atoms with Crippen LogP contribution in [0.15, 0.2) is 53.4 Å². The summed E-state index contributed by atoms with van der Waals surface area (Å²) in [5.41, 5.74) is 0.285. The standard InChI is InChI=1S/C19H20F3NO3S/c1-13(27-16-10-8-15(25-3)9-11-16)18(24)23(2)12-14-6-4-5-7-17(14)26-19(20,21)22/h4-11,13H,12H2,1-3H3. The summed E-state index contributed by atoms with van der Waals surface area (Å²) in [5.74, 6) is 0.217. The number of halogens is 3. The first kappa shape index (κ1) is 21.0. The number of hydrogen-bond acceptors (Lipinski definition) is 4. The average Bonchev–Trinajstić information content (AvgIpc) is 2.62. The Morgan fingerprint density at radius 3 is 2.37 bits per heavy atom. The largest absolute Gasteiger partial charge is 0.573 e. The number of carbonyl (C=O) groups excluding carboxylic acids is 1. The summed E-state index contributed by atoms with van der Waals surface area (Å²) in [5, 5.41) is -0.404. The van der Waals surface area contributed by atoms with Gasteiger partial charge in [0.1, 0.15) is 11.5 Å². The summed E-state index contributed by atoms with van der Waals surface area (Å²) in [6.45, 7) is 1.77. The molecule has 2 aromatic carbocycles. The molecule has 1 unspecified atom stereocenters. The second kappa shape index (κ2) is 9.03. The van der Waals surface area contributed by atoms with Gasteiger partial charge >= 0.3 is 6.36 Å². The van der Waals surface area contributed by atoms with Crippen molar-refractivity contribution in [2.75, 3.05) is 14.2 Å². The third-order valence-electron chi connectivity index (χ3n) is 3.70. The molecule has 8 heteroatoms. The van der Waals surface area contributed by atoms with Gasteiger partial charge in [-0.25, -0.2) is 0 Å². The molecule has 1 atom stereocenters. The lowest BCUT2D eigenvalue weighted by molar-refractivity contribution is -0.275. The fourth-order valence-electron chi connectivity index (χ4n) is 2.41. The fourth-order valence-corrected chi connectivity index (χ4v) is 3.39. The highest BCUT2D eigenvalue weighted by Crippen LogP contribution is 2.29. The van der Waals surface area contributed by atoms with Crippen LogP contribution >= 0.6 is 11.8 Å².